The van der Waals surface area contributed by atoms with E-state index < -0.39 is 35.3 Å². The Morgan fingerprint density at radius 1 is 1.08 bits per heavy atom. The van der Waals surface area contributed by atoms with Gasteiger partial charge in [-0.2, -0.15) is 22.5 Å². The van der Waals surface area contributed by atoms with Gasteiger partial charge in [-0.1, -0.05) is 12.1 Å². The monoisotopic (exact) mass is 368 g/mol. The van der Waals surface area contributed by atoms with Gasteiger partial charge in [0.05, 0.1) is 0 Å². The van der Waals surface area contributed by atoms with Gasteiger partial charge in [-0.25, -0.2) is 4.79 Å². The molecule has 1 aromatic heterocycles. The Labute approximate surface area is 146 Å². The summed E-state index contributed by atoms with van der Waals surface area (Å²) < 4.78 is 53.7. The van der Waals surface area contributed by atoms with Crippen LogP contribution in [0.25, 0.3) is 0 Å². The molecule has 1 aliphatic carbocycles. The lowest BCUT2D eigenvalue weighted by molar-refractivity contribution is 0.251. The van der Waals surface area contributed by atoms with Crippen LogP contribution in [0.15, 0.2) is 24.3 Å². The van der Waals surface area contributed by atoms with Crippen molar-refractivity contribution in [3.8, 4) is 0 Å². The SMILES string of the molecule is CC(Nc1c(F)c(F)nc(F)c1F)c1ccc(NC(=O)NC2CC2)cc1. The summed E-state index contributed by atoms with van der Waals surface area (Å²) in [7, 11) is 0. The van der Waals surface area contributed by atoms with Gasteiger partial charge in [-0.15, -0.1) is 0 Å². The summed E-state index contributed by atoms with van der Waals surface area (Å²) in [5, 5.41) is 7.84. The summed E-state index contributed by atoms with van der Waals surface area (Å²) in [4.78, 5) is 14.2. The number of pyridine rings is 1. The zero-order valence-electron chi connectivity index (χ0n) is 13.7. The number of anilines is 2. The average molecular weight is 368 g/mol. The molecule has 1 fully saturated rings. The molecule has 0 spiro atoms. The van der Waals surface area contributed by atoms with E-state index in [0.717, 1.165) is 12.8 Å². The van der Waals surface area contributed by atoms with Crippen molar-refractivity contribution in [2.75, 3.05) is 10.6 Å². The van der Waals surface area contributed by atoms with Crippen LogP contribution in [0.3, 0.4) is 0 Å². The van der Waals surface area contributed by atoms with Crippen LogP contribution in [0, 0.1) is 23.5 Å². The summed E-state index contributed by atoms with van der Waals surface area (Å²) in [6.45, 7) is 1.57. The highest BCUT2D eigenvalue weighted by atomic mass is 19.2. The van der Waals surface area contributed by atoms with E-state index in [1.54, 1.807) is 31.2 Å². The molecule has 0 bridgehead atoms. The quantitative estimate of drug-likeness (QED) is 0.550. The fraction of sp³-hybridized carbons (Fsp3) is 0.294. The van der Waals surface area contributed by atoms with E-state index in [1.807, 2.05) is 0 Å². The second kappa shape index (κ2) is 7.19. The number of hydrogen-bond donors (Lipinski definition) is 3. The molecular formula is C17H16F4N4O. The van der Waals surface area contributed by atoms with Crippen molar-refractivity contribution in [3.05, 3.63) is 53.4 Å². The fourth-order valence-corrected chi connectivity index (χ4v) is 2.35. The minimum Gasteiger partial charge on any atom is -0.373 e. The highest BCUT2D eigenvalue weighted by molar-refractivity contribution is 5.89. The number of carbonyl (C=O) groups excluding carboxylic acids is 1. The Bertz CT molecular complexity index is 798. The van der Waals surface area contributed by atoms with E-state index in [0.29, 0.717) is 11.3 Å². The largest absolute Gasteiger partial charge is 0.373 e. The van der Waals surface area contributed by atoms with Gasteiger partial charge in [0.25, 0.3) is 11.9 Å². The summed E-state index contributed by atoms with van der Waals surface area (Å²) in [6, 6.07) is 5.72. The maximum Gasteiger partial charge on any atom is 0.319 e. The van der Waals surface area contributed by atoms with Crippen molar-refractivity contribution < 1.29 is 22.4 Å². The molecule has 1 heterocycles. The number of carbonyl (C=O) groups is 1. The molecule has 3 N–H and O–H groups in total. The fourth-order valence-electron chi connectivity index (χ4n) is 2.35. The molecule has 0 saturated heterocycles. The smallest absolute Gasteiger partial charge is 0.319 e. The standard InChI is InChI=1S/C17H16F4N4O/c1-8(22-14-12(18)15(20)25-16(21)13(14)19)9-2-4-10(5-3-9)23-17(26)24-11-6-7-11/h2-5,8,11H,6-7H2,1H3,(H,22,25)(H2,23,24,26). The van der Waals surface area contributed by atoms with Crippen LogP contribution in [-0.2, 0) is 0 Å². The van der Waals surface area contributed by atoms with Crippen LogP contribution < -0.4 is 16.0 Å². The zero-order chi connectivity index (χ0) is 18.8. The zero-order valence-corrected chi connectivity index (χ0v) is 13.7. The third-order valence-corrected chi connectivity index (χ3v) is 3.94. The number of hydrogen-bond acceptors (Lipinski definition) is 3. The van der Waals surface area contributed by atoms with Crippen LogP contribution in [0.1, 0.15) is 31.4 Å². The Kier molecular flexibility index (Phi) is 4.97. The maximum atomic E-state index is 13.7. The molecule has 5 nitrogen and oxygen atoms in total. The molecular weight excluding hydrogens is 352 g/mol. The average Bonchev–Trinajstić information content (AvgIpc) is 3.41. The highest BCUT2D eigenvalue weighted by Gasteiger charge is 2.24. The molecule has 1 saturated carbocycles. The van der Waals surface area contributed by atoms with Crippen molar-refractivity contribution in [1.82, 2.24) is 10.3 Å². The van der Waals surface area contributed by atoms with Gasteiger partial charge in [0, 0.05) is 17.8 Å². The van der Waals surface area contributed by atoms with Gasteiger partial charge in [-0.05, 0) is 37.5 Å². The lowest BCUT2D eigenvalue weighted by Gasteiger charge is -2.17. The second-order valence-electron chi connectivity index (χ2n) is 6.06. The summed E-state index contributed by atoms with van der Waals surface area (Å²) >= 11 is 0. The van der Waals surface area contributed by atoms with Crippen LogP contribution >= 0.6 is 0 Å². The second-order valence-corrected chi connectivity index (χ2v) is 6.06. The van der Waals surface area contributed by atoms with Crippen molar-refractivity contribution in [2.45, 2.75) is 31.8 Å². The Morgan fingerprint density at radius 3 is 2.19 bits per heavy atom. The molecule has 0 radical (unpaired) electrons. The summed E-state index contributed by atoms with van der Waals surface area (Å²) in [5.41, 5.74) is 0.209. The molecule has 1 unspecified atom stereocenters. The van der Waals surface area contributed by atoms with Gasteiger partial charge in [0.2, 0.25) is 11.6 Å². The van der Waals surface area contributed by atoms with E-state index in [9.17, 15) is 22.4 Å². The number of nitrogens with zero attached hydrogens (tertiary/aromatic N) is 1. The summed E-state index contributed by atoms with van der Waals surface area (Å²) in [6.07, 6.45) is 1.94. The maximum absolute atomic E-state index is 13.7. The van der Waals surface area contributed by atoms with Crippen molar-refractivity contribution in [1.29, 1.82) is 0 Å². The number of halogens is 4. The molecule has 1 aliphatic rings. The topological polar surface area (TPSA) is 66.0 Å². The van der Waals surface area contributed by atoms with E-state index in [4.69, 9.17) is 0 Å². The van der Waals surface area contributed by atoms with Crippen LogP contribution in [-0.4, -0.2) is 17.1 Å². The predicted molar refractivity (Wildman–Crippen MR) is 87.7 cm³/mol. The molecule has 2 aromatic rings. The molecule has 9 heteroatoms. The lowest BCUT2D eigenvalue weighted by Crippen LogP contribution is -2.30. The van der Waals surface area contributed by atoms with Gasteiger partial charge in [-0.3, -0.25) is 0 Å². The van der Waals surface area contributed by atoms with E-state index in [1.165, 1.54) is 0 Å². The van der Waals surface area contributed by atoms with Crippen LogP contribution in [0.4, 0.5) is 33.7 Å². The van der Waals surface area contributed by atoms with E-state index in [2.05, 4.69) is 20.9 Å². The molecule has 0 aliphatic heterocycles. The first kappa shape index (κ1) is 18.0. The third-order valence-electron chi connectivity index (χ3n) is 3.94. The molecule has 26 heavy (non-hydrogen) atoms. The number of aromatic nitrogens is 1. The number of amides is 2. The highest BCUT2D eigenvalue weighted by Crippen LogP contribution is 2.27. The first-order valence-electron chi connectivity index (χ1n) is 7.99. The Hall–Kier alpha value is -2.84. The Balaban J connectivity index is 1.68. The predicted octanol–water partition coefficient (Wildman–Crippen LogP) is 4.10. The summed E-state index contributed by atoms with van der Waals surface area (Å²) in [5.74, 6) is -6.63. The number of nitrogens with one attached hydrogen (secondary N) is 3. The number of urea groups is 1. The van der Waals surface area contributed by atoms with Gasteiger partial charge in [0.1, 0.15) is 5.69 Å². The van der Waals surface area contributed by atoms with Crippen LogP contribution in [0.5, 0.6) is 0 Å². The van der Waals surface area contributed by atoms with E-state index in [-0.39, 0.29) is 12.1 Å². The molecule has 3 rings (SSSR count). The first-order chi connectivity index (χ1) is 12.3. The molecule has 1 aromatic carbocycles. The first-order valence-corrected chi connectivity index (χ1v) is 7.99. The number of rotatable bonds is 5. The van der Waals surface area contributed by atoms with Crippen LogP contribution in [0.2, 0.25) is 0 Å². The van der Waals surface area contributed by atoms with Crippen molar-refractivity contribution in [2.24, 2.45) is 0 Å². The van der Waals surface area contributed by atoms with Gasteiger partial charge in [0.15, 0.2) is 0 Å². The Morgan fingerprint density at radius 2 is 1.65 bits per heavy atom. The van der Waals surface area contributed by atoms with Crippen molar-refractivity contribution >= 4 is 17.4 Å². The minimum absolute atomic E-state index is 0.226. The van der Waals surface area contributed by atoms with Crippen molar-refractivity contribution in [3.63, 3.8) is 0 Å². The molecule has 1 atom stereocenters. The molecule has 138 valence electrons. The van der Waals surface area contributed by atoms with Gasteiger partial charge >= 0.3 is 6.03 Å². The molecule has 2 amide bonds. The lowest BCUT2D eigenvalue weighted by atomic mass is 10.1. The minimum atomic E-state index is -1.72. The van der Waals surface area contributed by atoms with E-state index >= 15 is 0 Å². The normalized spacial score (nSPS) is 14.7. The third kappa shape index (κ3) is 4.04. The number of benzene rings is 1. The van der Waals surface area contributed by atoms with Gasteiger partial charge < -0.3 is 16.0 Å².